The molecular formula is C14H12INO. The fourth-order valence-electron chi connectivity index (χ4n) is 1.44. The molecule has 0 aliphatic rings. The third kappa shape index (κ3) is 3.30. The van der Waals surface area contributed by atoms with Crippen molar-refractivity contribution in [2.45, 2.75) is 6.92 Å². The van der Waals surface area contributed by atoms with Crippen molar-refractivity contribution in [2.75, 3.05) is 5.32 Å². The Labute approximate surface area is 114 Å². The predicted octanol–water partition coefficient (Wildman–Crippen LogP) is 3.85. The van der Waals surface area contributed by atoms with Gasteiger partial charge in [-0.1, -0.05) is 17.7 Å². The minimum absolute atomic E-state index is 0.0776. The van der Waals surface area contributed by atoms with Crippen LogP contribution in [0.3, 0.4) is 0 Å². The van der Waals surface area contributed by atoms with Crippen molar-refractivity contribution in [3.63, 3.8) is 0 Å². The second-order valence-electron chi connectivity index (χ2n) is 3.83. The fourth-order valence-corrected chi connectivity index (χ4v) is 1.80. The van der Waals surface area contributed by atoms with Gasteiger partial charge < -0.3 is 5.32 Å². The molecule has 1 N–H and O–H groups in total. The Bertz CT molecular complexity index is 517. The standard InChI is InChI=1S/C14H12INO/c1-10-2-4-11(5-3-10)14(17)16-13-8-6-12(15)7-9-13/h2-9H,1H3,(H,16,17). The molecule has 0 aliphatic carbocycles. The first-order valence-electron chi connectivity index (χ1n) is 5.29. The fraction of sp³-hybridized carbons (Fsp3) is 0.0714. The maximum Gasteiger partial charge on any atom is 0.255 e. The number of rotatable bonds is 2. The Hall–Kier alpha value is -1.36. The van der Waals surface area contributed by atoms with Crippen LogP contribution in [0.2, 0.25) is 0 Å². The van der Waals surface area contributed by atoms with Gasteiger partial charge in [-0.05, 0) is 65.9 Å². The predicted molar refractivity (Wildman–Crippen MR) is 78.3 cm³/mol. The first-order valence-corrected chi connectivity index (χ1v) is 6.36. The van der Waals surface area contributed by atoms with Crippen molar-refractivity contribution in [3.05, 3.63) is 63.2 Å². The number of hydrogen-bond donors (Lipinski definition) is 1. The van der Waals surface area contributed by atoms with Gasteiger partial charge in [0.2, 0.25) is 0 Å². The number of carbonyl (C=O) groups is 1. The molecule has 0 atom stereocenters. The van der Waals surface area contributed by atoms with Gasteiger partial charge in [0.15, 0.2) is 0 Å². The molecule has 0 bridgehead atoms. The summed E-state index contributed by atoms with van der Waals surface area (Å²) in [6, 6.07) is 15.2. The summed E-state index contributed by atoms with van der Waals surface area (Å²) in [6.45, 7) is 2.00. The zero-order chi connectivity index (χ0) is 12.3. The van der Waals surface area contributed by atoms with E-state index in [4.69, 9.17) is 0 Å². The first kappa shape index (κ1) is 12.1. The molecule has 1 amide bonds. The van der Waals surface area contributed by atoms with Gasteiger partial charge in [-0.3, -0.25) is 4.79 Å². The number of aryl methyl sites for hydroxylation is 1. The Kier molecular flexibility index (Phi) is 3.78. The highest BCUT2D eigenvalue weighted by atomic mass is 127. The molecule has 0 saturated heterocycles. The molecule has 0 aliphatic heterocycles. The van der Waals surface area contributed by atoms with E-state index in [1.807, 2.05) is 55.5 Å². The molecule has 2 aromatic carbocycles. The quantitative estimate of drug-likeness (QED) is 0.829. The summed E-state index contributed by atoms with van der Waals surface area (Å²) in [6.07, 6.45) is 0. The van der Waals surface area contributed by atoms with Crippen molar-refractivity contribution in [3.8, 4) is 0 Å². The van der Waals surface area contributed by atoms with E-state index in [-0.39, 0.29) is 5.91 Å². The van der Waals surface area contributed by atoms with Crippen LogP contribution in [0.15, 0.2) is 48.5 Å². The number of halogens is 1. The van der Waals surface area contributed by atoms with E-state index < -0.39 is 0 Å². The molecule has 2 rings (SSSR count). The van der Waals surface area contributed by atoms with Gasteiger partial charge in [0.25, 0.3) is 5.91 Å². The maximum absolute atomic E-state index is 11.9. The number of hydrogen-bond acceptors (Lipinski definition) is 1. The van der Waals surface area contributed by atoms with Crippen molar-refractivity contribution >= 4 is 34.2 Å². The van der Waals surface area contributed by atoms with Gasteiger partial charge in [0, 0.05) is 14.8 Å². The summed E-state index contributed by atoms with van der Waals surface area (Å²) >= 11 is 2.23. The van der Waals surface area contributed by atoms with Gasteiger partial charge in [0.1, 0.15) is 0 Å². The largest absolute Gasteiger partial charge is 0.322 e. The van der Waals surface area contributed by atoms with Crippen LogP contribution in [0.5, 0.6) is 0 Å². The molecule has 86 valence electrons. The van der Waals surface area contributed by atoms with Gasteiger partial charge in [-0.2, -0.15) is 0 Å². The zero-order valence-corrected chi connectivity index (χ0v) is 11.6. The number of benzene rings is 2. The van der Waals surface area contributed by atoms with Crippen LogP contribution in [-0.4, -0.2) is 5.91 Å². The average Bonchev–Trinajstić information content (AvgIpc) is 2.33. The van der Waals surface area contributed by atoms with Crippen LogP contribution < -0.4 is 5.32 Å². The van der Waals surface area contributed by atoms with Gasteiger partial charge in [-0.15, -0.1) is 0 Å². The molecule has 0 unspecified atom stereocenters. The highest BCUT2D eigenvalue weighted by molar-refractivity contribution is 14.1. The van der Waals surface area contributed by atoms with Crippen LogP contribution in [0.25, 0.3) is 0 Å². The summed E-state index contributed by atoms with van der Waals surface area (Å²) in [5.74, 6) is -0.0776. The van der Waals surface area contributed by atoms with E-state index in [1.165, 1.54) is 0 Å². The molecule has 0 radical (unpaired) electrons. The topological polar surface area (TPSA) is 29.1 Å². The van der Waals surface area contributed by atoms with Crippen LogP contribution in [0.4, 0.5) is 5.69 Å². The molecule has 3 heteroatoms. The molecule has 2 nitrogen and oxygen atoms in total. The Morgan fingerprint density at radius 2 is 1.59 bits per heavy atom. The number of anilines is 1. The third-order valence-electron chi connectivity index (χ3n) is 2.42. The van der Waals surface area contributed by atoms with Gasteiger partial charge in [0.05, 0.1) is 0 Å². The Morgan fingerprint density at radius 1 is 1.00 bits per heavy atom. The molecule has 2 aromatic rings. The lowest BCUT2D eigenvalue weighted by Gasteiger charge is -2.05. The van der Waals surface area contributed by atoms with E-state index in [0.717, 1.165) is 14.8 Å². The summed E-state index contributed by atoms with van der Waals surface area (Å²) in [7, 11) is 0. The maximum atomic E-state index is 11.9. The van der Waals surface area contributed by atoms with E-state index >= 15 is 0 Å². The average molecular weight is 337 g/mol. The SMILES string of the molecule is Cc1ccc(C(=O)Nc2ccc(I)cc2)cc1. The summed E-state index contributed by atoms with van der Waals surface area (Å²) < 4.78 is 1.15. The lowest BCUT2D eigenvalue weighted by atomic mass is 10.1. The summed E-state index contributed by atoms with van der Waals surface area (Å²) in [5, 5.41) is 2.86. The number of nitrogens with one attached hydrogen (secondary N) is 1. The minimum atomic E-state index is -0.0776. The molecule has 0 fully saturated rings. The highest BCUT2D eigenvalue weighted by Crippen LogP contribution is 2.13. The second-order valence-corrected chi connectivity index (χ2v) is 5.07. The van der Waals surface area contributed by atoms with Crippen LogP contribution in [-0.2, 0) is 0 Å². The molecular weight excluding hydrogens is 325 g/mol. The molecule has 17 heavy (non-hydrogen) atoms. The monoisotopic (exact) mass is 337 g/mol. The van der Waals surface area contributed by atoms with Gasteiger partial charge in [-0.25, -0.2) is 0 Å². The van der Waals surface area contributed by atoms with E-state index in [1.54, 1.807) is 0 Å². The molecule has 0 saturated carbocycles. The molecule has 0 heterocycles. The van der Waals surface area contributed by atoms with E-state index in [9.17, 15) is 4.79 Å². The smallest absolute Gasteiger partial charge is 0.255 e. The molecule has 0 spiro atoms. The Balaban J connectivity index is 2.11. The normalized spacial score (nSPS) is 10.0. The van der Waals surface area contributed by atoms with E-state index in [2.05, 4.69) is 27.9 Å². The van der Waals surface area contributed by atoms with Crippen LogP contribution in [0, 0.1) is 10.5 Å². The number of amides is 1. The lowest BCUT2D eigenvalue weighted by Crippen LogP contribution is -2.11. The Morgan fingerprint density at radius 3 is 2.18 bits per heavy atom. The van der Waals surface area contributed by atoms with Crippen molar-refractivity contribution < 1.29 is 4.79 Å². The zero-order valence-electron chi connectivity index (χ0n) is 9.41. The highest BCUT2D eigenvalue weighted by Gasteiger charge is 2.04. The lowest BCUT2D eigenvalue weighted by molar-refractivity contribution is 0.102. The van der Waals surface area contributed by atoms with Gasteiger partial charge >= 0.3 is 0 Å². The van der Waals surface area contributed by atoms with Crippen molar-refractivity contribution in [2.24, 2.45) is 0 Å². The second kappa shape index (κ2) is 5.31. The van der Waals surface area contributed by atoms with Crippen molar-refractivity contribution in [1.29, 1.82) is 0 Å². The molecule has 0 aromatic heterocycles. The van der Waals surface area contributed by atoms with Crippen LogP contribution >= 0.6 is 22.6 Å². The summed E-state index contributed by atoms with van der Waals surface area (Å²) in [5.41, 5.74) is 2.64. The minimum Gasteiger partial charge on any atom is -0.322 e. The first-order chi connectivity index (χ1) is 8.15. The third-order valence-corrected chi connectivity index (χ3v) is 3.14. The van der Waals surface area contributed by atoms with E-state index in [0.29, 0.717) is 5.56 Å². The van der Waals surface area contributed by atoms with Crippen molar-refractivity contribution in [1.82, 2.24) is 0 Å². The van der Waals surface area contributed by atoms with Crippen LogP contribution in [0.1, 0.15) is 15.9 Å². The number of carbonyl (C=O) groups excluding carboxylic acids is 1. The summed E-state index contributed by atoms with van der Waals surface area (Å²) in [4.78, 5) is 11.9.